The van der Waals surface area contributed by atoms with Gasteiger partial charge in [-0.15, -0.1) is 0 Å². The van der Waals surface area contributed by atoms with Crippen LogP contribution in [-0.4, -0.2) is 61.0 Å². The Balaban J connectivity index is 2.34. The van der Waals surface area contributed by atoms with E-state index in [-0.39, 0.29) is 0 Å². The Labute approximate surface area is 183 Å². The molecule has 0 unspecified atom stereocenters. The van der Waals surface area contributed by atoms with Crippen molar-refractivity contribution in [3.05, 3.63) is 5.82 Å². The molecule has 4 N–H and O–H groups in total. The second-order valence-corrected chi connectivity index (χ2v) is 7.49. The van der Waals surface area contributed by atoms with Crippen LogP contribution in [0.2, 0.25) is 0 Å². The van der Waals surface area contributed by atoms with Crippen LogP contribution in [-0.2, 0) is 15.9 Å². The van der Waals surface area contributed by atoms with Gasteiger partial charge in [-0.25, -0.2) is 0 Å². The second-order valence-electron chi connectivity index (χ2n) is 7.49. The Kier molecular flexibility index (Phi) is 17.2. The molecule has 0 saturated heterocycles. The monoisotopic (exact) mass is 424 g/mol. The van der Waals surface area contributed by atoms with Crippen molar-refractivity contribution in [1.29, 1.82) is 0 Å². The highest BCUT2D eigenvalue weighted by Gasteiger charge is 2.06. The number of nitrogens with zero attached hydrogens (tertiary/aromatic N) is 3. The summed E-state index contributed by atoms with van der Waals surface area (Å²) in [6, 6.07) is 0. The van der Waals surface area contributed by atoms with E-state index in [1.54, 1.807) is 0 Å². The Morgan fingerprint density at radius 2 is 1.27 bits per heavy atom. The predicted molar refractivity (Wildman–Crippen MR) is 124 cm³/mol. The summed E-state index contributed by atoms with van der Waals surface area (Å²) >= 11 is 0. The van der Waals surface area contributed by atoms with Gasteiger partial charge in [0.2, 0.25) is 11.9 Å². The molecule has 0 saturated carbocycles. The molecule has 0 aliphatic heterocycles. The summed E-state index contributed by atoms with van der Waals surface area (Å²) in [5, 5.41) is 6.52. The average molecular weight is 425 g/mol. The van der Waals surface area contributed by atoms with Gasteiger partial charge in [0.1, 0.15) is 5.82 Å². The van der Waals surface area contributed by atoms with E-state index in [0.29, 0.717) is 51.4 Å². The quantitative estimate of drug-likeness (QED) is 0.256. The Morgan fingerprint density at radius 1 is 0.667 bits per heavy atom. The van der Waals surface area contributed by atoms with Gasteiger partial charge in [0.05, 0.1) is 26.4 Å². The first-order chi connectivity index (χ1) is 14.8. The number of hydrogen-bond acceptors (Lipinski definition) is 8. The SMILES string of the molecule is CCCCCCCCCCc1nc(NCCC)nc(NCCOCCOCCN)n1. The van der Waals surface area contributed by atoms with Gasteiger partial charge >= 0.3 is 0 Å². The highest BCUT2D eigenvalue weighted by atomic mass is 16.5. The average Bonchev–Trinajstić information content (AvgIpc) is 2.76. The number of nitrogens with two attached hydrogens (primary N) is 1. The number of nitrogens with one attached hydrogen (secondary N) is 2. The molecule has 0 bridgehead atoms. The van der Waals surface area contributed by atoms with E-state index in [2.05, 4.69) is 39.4 Å². The summed E-state index contributed by atoms with van der Waals surface area (Å²) in [6.07, 6.45) is 12.3. The van der Waals surface area contributed by atoms with Gasteiger partial charge in [0.15, 0.2) is 0 Å². The number of anilines is 2. The minimum Gasteiger partial charge on any atom is -0.378 e. The van der Waals surface area contributed by atoms with Crippen LogP contribution >= 0.6 is 0 Å². The lowest BCUT2D eigenvalue weighted by atomic mass is 10.1. The molecule has 0 spiro atoms. The maximum Gasteiger partial charge on any atom is 0.227 e. The fraction of sp³-hybridized carbons (Fsp3) is 0.864. The van der Waals surface area contributed by atoms with Crippen LogP contribution in [0.5, 0.6) is 0 Å². The molecule has 0 atom stereocenters. The molecule has 0 aliphatic rings. The van der Waals surface area contributed by atoms with Gasteiger partial charge in [0.25, 0.3) is 0 Å². The molecule has 174 valence electrons. The zero-order valence-corrected chi connectivity index (χ0v) is 19.3. The standard InChI is InChI=1S/C22H44N6O2/c1-3-5-6-7-8-9-10-11-12-20-26-21(24-14-4-2)28-22(27-20)25-15-17-30-19-18-29-16-13-23/h3-19,23H2,1-2H3,(H2,24,25,26,27,28). The van der Waals surface area contributed by atoms with Crippen molar-refractivity contribution in [2.24, 2.45) is 5.73 Å². The van der Waals surface area contributed by atoms with Crippen molar-refractivity contribution in [1.82, 2.24) is 15.0 Å². The van der Waals surface area contributed by atoms with Crippen LogP contribution in [0.25, 0.3) is 0 Å². The first kappa shape index (κ1) is 26.5. The summed E-state index contributed by atoms with van der Waals surface area (Å²) in [7, 11) is 0. The molecule has 0 radical (unpaired) electrons. The molecule has 0 aromatic carbocycles. The lowest BCUT2D eigenvalue weighted by Gasteiger charge is -2.10. The zero-order valence-electron chi connectivity index (χ0n) is 19.3. The van der Waals surface area contributed by atoms with Crippen molar-refractivity contribution >= 4 is 11.9 Å². The summed E-state index contributed by atoms with van der Waals surface area (Å²) in [6.45, 7) is 8.69. The molecule has 0 aliphatic carbocycles. The highest BCUT2D eigenvalue weighted by Crippen LogP contribution is 2.12. The fourth-order valence-corrected chi connectivity index (χ4v) is 2.98. The molecule has 30 heavy (non-hydrogen) atoms. The number of ether oxygens (including phenoxy) is 2. The summed E-state index contributed by atoms with van der Waals surface area (Å²) < 4.78 is 10.8. The Morgan fingerprint density at radius 3 is 1.90 bits per heavy atom. The van der Waals surface area contributed by atoms with Crippen molar-refractivity contribution in [3.63, 3.8) is 0 Å². The molecule has 8 heteroatoms. The molecular formula is C22H44N6O2. The summed E-state index contributed by atoms with van der Waals surface area (Å²) in [4.78, 5) is 13.7. The number of rotatable bonds is 21. The number of aromatic nitrogens is 3. The van der Waals surface area contributed by atoms with Gasteiger partial charge in [0, 0.05) is 26.1 Å². The molecule has 8 nitrogen and oxygen atoms in total. The van der Waals surface area contributed by atoms with Crippen molar-refractivity contribution in [2.45, 2.75) is 78.1 Å². The first-order valence-electron chi connectivity index (χ1n) is 11.9. The summed E-state index contributed by atoms with van der Waals surface area (Å²) in [5.74, 6) is 2.12. The third-order valence-electron chi connectivity index (χ3n) is 4.63. The highest BCUT2D eigenvalue weighted by molar-refractivity contribution is 5.34. The smallest absolute Gasteiger partial charge is 0.227 e. The van der Waals surface area contributed by atoms with Crippen molar-refractivity contribution < 1.29 is 9.47 Å². The van der Waals surface area contributed by atoms with E-state index in [9.17, 15) is 0 Å². The summed E-state index contributed by atoms with van der Waals surface area (Å²) in [5.41, 5.74) is 5.38. The van der Waals surface area contributed by atoms with E-state index in [0.717, 1.165) is 31.6 Å². The number of unbranched alkanes of at least 4 members (excludes halogenated alkanes) is 7. The maximum atomic E-state index is 5.54. The molecule has 1 aromatic heterocycles. The van der Waals surface area contributed by atoms with Crippen LogP contribution in [0, 0.1) is 0 Å². The molecule has 1 aromatic rings. The number of aryl methyl sites for hydroxylation is 1. The van der Waals surface area contributed by atoms with Crippen molar-refractivity contribution in [3.8, 4) is 0 Å². The van der Waals surface area contributed by atoms with Crippen molar-refractivity contribution in [2.75, 3.05) is 56.7 Å². The van der Waals surface area contributed by atoms with Crippen LogP contribution < -0.4 is 16.4 Å². The van der Waals surface area contributed by atoms with Gasteiger partial charge in [-0.05, 0) is 12.8 Å². The molecule has 0 amide bonds. The fourth-order valence-electron chi connectivity index (χ4n) is 2.98. The van der Waals surface area contributed by atoms with E-state index < -0.39 is 0 Å². The van der Waals surface area contributed by atoms with Crippen LogP contribution in [0.3, 0.4) is 0 Å². The third kappa shape index (κ3) is 14.5. The number of hydrogen-bond donors (Lipinski definition) is 3. The van der Waals surface area contributed by atoms with E-state index in [1.165, 1.54) is 44.9 Å². The minimum absolute atomic E-state index is 0.538. The molecule has 1 heterocycles. The molecule has 0 fully saturated rings. The van der Waals surface area contributed by atoms with Crippen LogP contribution in [0.15, 0.2) is 0 Å². The van der Waals surface area contributed by atoms with E-state index in [1.807, 2.05) is 0 Å². The predicted octanol–water partition coefficient (Wildman–Crippen LogP) is 3.78. The Hall–Kier alpha value is -1.51. The lowest BCUT2D eigenvalue weighted by molar-refractivity contribution is 0.0547. The normalized spacial score (nSPS) is 11.0. The minimum atomic E-state index is 0.538. The maximum absolute atomic E-state index is 5.54. The van der Waals surface area contributed by atoms with Gasteiger partial charge in [-0.1, -0.05) is 58.8 Å². The van der Waals surface area contributed by atoms with E-state index in [4.69, 9.17) is 15.2 Å². The zero-order chi connectivity index (χ0) is 21.7. The van der Waals surface area contributed by atoms with E-state index >= 15 is 0 Å². The largest absolute Gasteiger partial charge is 0.378 e. The van der Waals surface area contributed by atoms with Crippen LogP contribution in [0.4, 0.5) is 11.9 Å². The van der Waals surface area contributed by atoms with Gasteiger partial charge < -0.3 is 25.8 Å². The first-order valence-corrected chi connectivity index (χ1v) is 11.9. The molecular weight excluding hydrogens is 380 g/mol. The Bertz CT molecular complexity index is 480. The molecule has 1 rings (SSSR count). The van der Waals surface area contributed by atoms with Crippen LogP contribution in [0.1, 0.15) is 77.5 Å². The van der Waals surface area contributed by atoms with Gasteiger partial charge in [-0.3, -0.25) is 0 Å². The topological polar surface area (TPSA) is 107 Å². The lowest BCUT2D eigenvalue weighted by Crippen LogP contribution is -2.17. The third-order valence-corrected chi connectivity index (χ3v) is 4.63. The van der Waals surface area contributed by atoms with Gasteiger partial charge in [-0.2, -0.15) is 15.0 Å². The second kappa shape index (κ2) is 19.5.